The van der Waals surface area contributed by atoms with Gasteiger partial charge >= 0.3 is 0 Å². The lowest BCUT2D eigenvalue weighted by Crippen LogP contribution is -2.34. The van der Waals surface area contributed by atoms with E-state index in [-0.39, 0.29) is 11.8 Å². The third kappa shape index (κ3) is 4.98. The first kappa shape index (κ1) is 17.3. The molecule has 0 saturated carbocycles. The zero-order chi connectivity index (χ0) is 16.8. The molecule has 0 bridgehead atoms. The van der Waals surface area contributed by atoms with Crippen molar-refractivity contribution in [2.75, 3.05) is 13.1 Å². The van der Waals surface area contributed by atoms with Crippen LogP contribution in [0.1, 0.15) is 26.3 Å². The molecule has 0 saturated heterocycles. The van der Waals surface area contributed by atoms with Gasteiger partial charge in [-0.1, -0.05) is 40.9 Å². The molecule has 0 radical (unpaired) electrons. The molecule has 6 heteroatoms. The van der Waals surface area contributed by atoms with Crippen molar-refractivity contribution >= 4 is 35.0 Å². The Morgan fingerprint density at radius 3 is 2.30 bits per heavy atom. The van der Waals surface area contributed by atoms with Crippen LogP contribution < -0.4 is 10.6 Å². The Hall–Kier alpha value is -2.04. The molecule has 0 aliphatic rings. The number of halogens is 2. The molecule has 0 atom stereocenters. The Morgan fingerprint density at radius 2 is 1.65 bits per heavy atom. The fourth-order valence-electron chi connectivity index (χ4n) is 2.01. The lowest BCUT2D eigenvalue weighted by molar-refractivity contribution is 0.0927. The van der Waals surface area contributed by atoms with Gasteiger partial charge in [-0.2, -0.15) is 0 Å². The topological polar surface area (TPSA) is 58.2 Å². The van der Waals surface area contributed by atoms with Crippen LogP contribution in [0, 0.1) is 6.92 Å². The van der Waals surface area contributed by atoms with E-state index in [1.807, 2.05) is 19.1 Å². The number of nitrogens with one attached hydrogen (secondary N) is 2. The maximum absolute atomic E-state index is 12.0. The average Bonchev–Trinajstić information content (AvgIpc) is 2.51. The maximum Gasteiger partial charge on any atom is 0.252 e. The minimum Gasteiger partial charge on any atom is -0.350 e. The summed E-state index contributed by atoms with van der Waals surface area (Å²) in [5, 5.41) is 6.21. The first-order valence-corrected chi connectivity index (χ1v) is 7.81. The van der Waals surface area contributed by atoms with Gasteiger partial charge in [0.05, 0.1) is 10.6 Å². The number of carbonyl (C=O) groups excluding carboxylic acids is 2. The predicted molar refractivity (Wildman–Crippen MR) is 92.3 cm³/mol. The number of hydrogen-bond donors (Lipinski definition) is 2. The van der Waals surface area contributed by atoms with Gasteiger partial charge in [0, 0.05) is 23.7 Å². The van der Waals surface area contributed by atoms with Gasteiger partial charge in [-0.3, -0.25) is 9.59 Å². The third-order valence-corrected chi connectivity index (χ3v) is 3.70. The lowest BCUT2D eigenvalue weighted by Gasteiger charge is -2.08. The maximum atomic E-state index is 12.0. The second-order valence-corrected chi connectivity index (χ2v) is 5.85. The average molecular weight is 351 g/mol. The lowest BCUT2D eigenvalue weighted by atomic mass is 10.1. The van der Waals surface area contributed by atoms with Gasteiger partial charge in [0.25, 0.3) is 11.8 Å². The normalized spacial score (nSPS) is 10.2. The van der Waals surface area contributed by atoms with Gasteiger partial charge in [-0.15, -0.1) is 0 Å². The van der Waals surface area contributed by atoms with Gasteiger partial charge in [0.1, 0.15) is 0 Å². The second-order valence-electron chi connectivity index (χ2n) is 5.01. The Bertz CT molecular complexity index is 732. The van der Waals surface area contributed by atoms with Gasteiger partial charge in [0.2, 0.25) is 0 Å². The second kappa shape index (κ2) is 7.99. The molecule has 4 nitrogen and oxygen atoms in total. The molecule has 2 aromatic rings. The number of hydrogen-bond acceptors (Lipinski definition) is 2. The van der Waals surface area contributed by atoms with E-state index in [0.29, 0.717) is 34.3 Å². The number of rotatable bonds is 5. The third-order valence-electron chi connectivity index (χ3n) is 3.15. The molecular weight excluding hydrogens is 335 g/mol. The Labute approximate surface area is 144 Å². The van der Waals surface area contributed by atoms with Crippen LogP contribution in [0.2, 0.25) is 10.0 Å². The van der Waals surface area contributed by atoms with Crippen molar-refractivity contribution in [1.29, 1.82) is 0 Å². The van der Waals surface area contributed by atoms with Crippen LogP contribution in [0.15, 0.2) is 42.5 Å². The summed E-state index contributed by atoms with van der Waals surface area (Å²) in [5.74, 6) is -0.482. The molecule has 2 aromatic carbocycles. The minimum atomic E-state index is -0.309. The van der Waals surface area contributed by atoms with Crippen molar-refractivity contribution < 1.29 is 9.59 Å². The van der Waals surface area contributed by atoms with Gasteiger partial charge < -0.3 is 10.6 Å². The molecule has 2 rings (SSSR count). The largest absolute Gasteiger partial charge is 0.350 e. The van der Waals surface area contributed by atoms with Crippen LogP contribution in [0.4, 0.5) is 0 Å². The molecule has 23 heavy (non-hydrogen) atoms. The Balaban J connectivity index is 1.81. The van der Waals surface area contributed by atoms with E-state index < -0.39 is 0 Å². The van der Waals surface area contributed by atoms with Crippen LogP contribution in [0.5, 0.6) is 0 Å². The summed E-state index contributed by atoms with van der Waals surface area (Å²) in [4.78, 5) is 23.9. The summed E-state index contributed by atoms with van der Waals surface area (Å²) in [6, 6.07) is 12.0. The van der Waals surface area contributed by atoms with Crippen LogP contribution in [0.25, 0.3) is 0 Å². The first-order chi connectivity index (χ1) is 11.0. The van der Waals surface area contributed by atoms with Gasteiger partial charge in [0.15, 0.2) is 0 Å². The molecule has 0 aliphatic heterocycles. The molecule has 2 N–H and O–H groups in total. The highest BCUT2D eigenvalue weighted by atomic mass is 35.5. The van der Waals surface area contributed by atoms with Crippen molar-refractivity contribution in [3.05, 3.63) is 69.2 Å². The molecular formula is C17H16Cl2N2O2. The zero-order valence-electron chi connectivity index (χ0n) is 12.5. The Morgan fingerprint density at radius 1 is 0.957 bits per heavy atom. The zero-order valence-corrected chi connectivity index (χ0v) is 14.0. The van der Waals surface area contributed by atoms with E-state index >= 15 is 0 Å². The summed E-state index contributed by atoms with van der Waals surface area (Å²) >= 11 is 11.8. The van der Waals surface area contributed by atoms with Gasteiger partial charge in [-0.25, -0.2) is 0 Å². The van der Waals surface area contributed by atoms with Crippen LogP contribution in [-0.4, -0.2) is 24.9 Å². The van der Waals surface area contributed by atoms with Crippen molar-refractivity contribution in [1.82, 2.24) is 10.6 Å². The fraction of sp³-hybridized carbons (Fsp3) is 0.176. The number of aryl methyl sites for hydroxylation is 1. The summed E-state index contributed by atoms with van der Waals surface area (Å²) in [6.07, 6.45) is 0. The van der Waals surface area contributed by atoms with E-state index in [2.05, 4.69) is 10.6 Å². The van der Waals surface area contributed by atoms with Crippen molar-refractivity contribution in [3.63, 3.8) is 0 Å². The Kier molecular flexibility index (Phi) is 6.02. The quantitative estimate of drug-likeness (QED) is 0.811. The molecule has 0 aromatic heterocycles. The van der Waals surface area contributed by atoms with E-state index in [1.165, 1.54) is 6.07 Å². The van der Waals surface area contributed by atoms with Crippen LogP contribution in [-0.2, 0) is 0 Å². The first-order valence-electron chi connectivity index (χ1n) is 7.05. The number of benzene rings is 2. The summed E-state index contributed by atoms with van der Waals surface area (Å²) in [7, 11) is 0. The highest BCUT2D eigenvalue weighted by Gasteiger charge is 2.10. The molecule has 0 spiro atoms. The molecule has 0 unspecified atom stereocenters. The van der Waals surface area contributed by atoms with E-state index in [1.54, 1.807) is 24.3 Å². The van der Waals surface area contributed by atoms with E-state index in [9.17, 15) is 9.59 Å². The smallest absolute Gasteiger partial charge is 0.252 e. The number of amides is 2. The molecule has 0 fully saturated rings. The highest BCUT2D eigenvalue weighted by molar-refractivity contribution is 6.36. The number of carbonyl (C=O) groups is 2. The minimum absolute atomic E-state index is 0.174. The van der Waals surface area contributed by atoms with E-state index in [0.717, 1.165) is 5.56 Å². The molecule has 0 aliphatic carbocycles. The van der Waals surface area contributed by atoms with Crippen LogP contribution >= 0.6 is 23.2 Å². The summed E-state index contributed by atoms with van der Waals surface area (Å²) < 4.78 is 0. The van der Waals surface area contributed by atoms with Crippen molar-refractivity contribution in [2.24, 2.45) is 0 Å². The fourth-order valence-corrected chi connectivity index (χ4v) is 2.50. The van der Waals surface area contributed by atoms with Gasteiger partial charge in [-0.05, 0) is 37.3 Å². The van der Waals surface area contributed by atoms with Crippen LogP contribution in [0.3, 0.4) is 0 Å². The van der Waals surface area contributed by atoms with E-state index in [4.69, 9.17) is 23.2 Å². The molecule has 120 valence electrons. The summed E-state index contributed by atoms with van der Waals surface area (Å²) in [5.41, 5.74) is 1.96. The molecule has 2 amide bonds. The summed E-state index contributed by atoms with van der Waals surface area (Å²) in [6.45, 7) is 2.55. The standard InChI is InChI=1S/C17H16Cl2N2O2/c1-11-3-2-4-12(9-11)16(22)20-7-8-21-17(23)14-6-5-13(18)10-15(14)19/h2-6,9-10H,7-8H2,1H3,(H,20,22)(H,21,23). The van der Waals surface area contributed by atoms with Crippen molar-refractivity contribution in [3.8, 4) is 0 Å². The molecule has 0 heterocycles. The SMILES string of the molecule is Cc1cccc(C(=O)NCCNC(=O)c2ccc(Cl)cc2Cl)c1. The van der Waals surface area contributed by atoms with Crippen molar-refractivity contribution in [2.45, 2.75) is 6.92 Å². The monoisotopic (exact) mass is 350 g/mol. The highest BCUT2D eigenvalue weighted by Crippen LogP contribution is 2.20. The predicted octanol–water partition coefficient (Wildman–Crippen LogP) is 3.46.